The Morgan fingerprint density at radius 1 is 1.19 bits per heavy atom. The van der Waals surface area contributed by atoms with Crippen molar-refractivity contribution in [2.45, 2.75) is 52.7 Å². The molecular formula is C31H37BrFN7O3. The predicted octanol–water partition coefficient (Wildman–Crippen LogP) is 6.31. The fourth-order valence-corrected chi connectivity index (χ4v) is 5.97. The van der Waals surface area contributed by atoms with Crippen LogP contribution in [0.1, 0.15) is 39.3 Å². The van der Waals surface area contributed by atoms with Crippen LogP contribution in [0.5, 0.6) is 11.6 Å². The summed E-state index contributed by atoms with van der Waals surface area (Å²) in [4.78, 5) is 27.1. The number of aromatic nitrogens is 4. The number of ether oxygens (including phenoxy) is 2. The van der Waals surface area contributed by atoms with E-state index >= 15 is 4.39 Å². The minimum absolute atomic E-state index is 0.0760. The second-order valence-corrected chi connectivity index (χ2v) is 12.5. The van der Waals surface area contributed by atoms with Gasteiger partial charge in [0.1, 0.15) is 23.4 Å². The van der Waals surface area contributed by atoms with Crippen molar-refractivity contribution in [1.82, 2.24) is 29.7 Å². The number of halogens is 2. The average molecular weight is 655 g/mol. The summed E-state index contributed by atoms with van der Waals surface area (Å²) in [5.74, 6) is 0.656. The number of carbonyl (C=O) groups excluding carboxylic acids is 1. The highest BCUT2D eigenvalue weighted by Gasteiger charge is 2.27. The van der Waals surface area contributed by atoms with Gasteiger partial charge in [0, 0.05) is 43.5 Å². The van der Waals surface area contributed by atoms with E-state index < -0.39 is 11.4 Å². The van der Waals surface area contributed by atoms with Crippen LogP contribution in [-0.4, -0.2) is 62.3 Å². The summed E-state index contributed by atoms with van der Waals surface area (Å²) in [5, 5.41) is 4.20. The van der Waals surface area contributed by atoms with Crippen molar-refractivity contribution < 1.29 is 18.7 Å². The van der Waals surface area contributed by atoms with E-state index in [1.807, 2.05) is 44.4 Å². The Hall–Kier alpha value is -3.77. The Morgan fingerprint density at radius 2 is 1.95 bits per heavy atom. The number of fused-ring (bicyclic) bond motifs is 1. The van der Waals surface area contributed by atoms with E-state index in [2.05, 4.69) is 36.2 Å². The summed E-state index contributed by atoms with van der Waals surface area (Å²) < 4.78 is 29.2. The standard InChI is InChI=1S/C31H37BrFN7O3/c1-19-6-5-7-24(38-19)42-23-9-8-21(16-22(23)33)25-26-28(34)36-18-37-29(26)40(27(25)32)15-12-35-17-20-10-13-39(14-11-20)30(41)43-31(2,3)4/h5-9,16,18,20,35H,10-15,17H2,1-4H3,(H2,34,36,37). The first-order chi connectivity index (χ1) is 20.5. The van der Waals surface area contributed by atoms with Crippen LogP contribution in [0.25, 0.3) is 22.2 Å². The molecule has 1 amide bonds. The number of nitrogens with zero attached hydrogens (tertiary/aromatic N) is 5. The maximum absolute atomic E-state index is 15.3. The number of hydrogen-bond acceptors (Lipinski definition) is 8. The molecule has 3 aromatic heterocycles. The quantitative estimate of drug-likeness (QED) is 0.212. The molecule has 1 fully saturated rings. The van der Waals surface area contributed by atoms with Crippen LogP contribution in [0.2, 0.25) is 0 Å². The third-order valence-electron chi connectivity index (χ3n) is 7.31. The molecule has 1 aliphatic heterocycles. The SMILES string of the molecule is Cc1cccc(Oc2ccc(-c3c(Br)n(CCNCC4CCN(C(=O)OC(C)(C)C)CC4)c4ncnc(N)c34)cc2F)n1. The first-order valence-electron chi connectivity index (χ1n) is 14.4. The predicted molar refractivity (Wildman–Crippen MR) is 167 cm³/mol. The number of nitrogen functional groups attached to an aromatic ring is 1. The van der Waals surface area contributed by atoms with E-state index in [0.29, 0.717) is 66.0 Å². The van der Waals surface area contributed by atoms with Gasteiger partial charge in [0.2, 0.25) is 5.88 Å². The van der Waals surface area contributed by atoms with Gasteiger partial charge in [-0.05, 0) is 92.7 Å². The van der Waals surface area contributed by atoms with Crippen LogP contribution in [0.3, 0.4) is 0 Å². The highest BCUT2D eigenvalue weighted by Crippen LogP contribution is 2.41. The maximum Gasteiger partial charge on any atom is 0.410 e. The molecule has 43 heavy (non-hydrogen) atoms. The number of benzene rings is 1. The molecule has 0 saturated carbocycles. The lowest BCUT2D eigenvalue weighted by Crippen LogP contribution is -2.43. The Balaban J connectivity index is 1.25. The smallest absolute Gasteiger partial charge is 0.410 e. The van der Waals surface area contributed by atoms with Gasteiger partial charge in [-0.15, -0.1) is 0 Å². The van der Waals surface area contributed by atoms with E-state index in [4.69, 9.17) is 15.2 Å². The lowest BCUT2D eigenvalue weighted by molar-refractivity contribution is 0.0184. The van der Waals surface area contributed by atoms with Crippen LogP contribution in [0.4, 0.5) is 15.0 Å². The summed E-state index contributed by atoms with van der Waals surface area (Å²) in [6, 6.07) is 10.1. The Kier molecular flexibility index (Phi) is 9.16. The molecule has 12 heteroatoms. The van der Waals surface area contributed by atoms with Crippen molar-refractivity contribution >= 4 is 38.9 Å². The van der Waals surface area contributed by atoms with Gasteiger partial charge in [0.05, 0.1) is 9.99 Å². The van der Waals surface area contributed by atoms with Gasteiger partial charge in [-0.2, -0.15) is 0 Å². The zero-order valence-electron chi connectivity index (χ0n) is 24.9. The molecule has 0 unspecified atom stereocenters. The fourth-order valence-electron chi connectivity index (χ4n) is 5.20. The molecule has 0 spiro atoms. The number of piperidine rings is 1. The zero-order valence-corrected chi connectivity index (χ0v) is 26.4. The van der Waals surface area contributed by atoms with Crippen molar-refractivity contribution in [3.63, 3.8) is 0 Å². The number of aryl methyl sites for hydroxylation is 1. The van der Waals surface area contributed by atoms with Gasteiger partial charge in [-0.1, -0.05) is 12.1 Å². The molecule has 0 bridgehead atoms. The summed E-state index contributed by atoms with van der Waals surface area (Å²) in [5.41, 5.74) is 8.58. The molecule has 228 valence electrons. The van der Waals surface area contributed by atoms with Crippen LogP contribution in [-0.2, 0) is 11.3 Å². The lowest BCUT2D eigenvalue weighted by atomic mass is 9.97. The molecule has 1 aromatic carbocycles. The van der Waals surface area contributed by atoms with Crippen LogP contribution >= 0.6 is 15.9 Å². The van der Waals surface area contributed by atoms with Gasteiger partial charge in [-0.3, -0.25) is 0 Å². The number of nitrogens with two attached hydrogens (primary N) is 1. The summed E-state index contributed by atoms with van der Waals surface area (Å²) in [6.45, 7) is 11.0. The highest BCUT2D eigenvalue weighted by atomic mass is 79.9. The third kappa shape index (κ3) is 7.24. The fraction of sp³-hybridized carbons (Fsp3) is 0.419. The number of amides is 1. The van der Waals surface area contributed by atoms with Gasteiger partial charge in [0.15, 0.2) is 11.6 Å². The van der Waals surface area contributed by atoms with E-state index in [1.54, 1.807) is 23.1 Å². The molecule has 0 aliphatic carbocycles. The molecule has 4 aromatic rings. The zero-order chi connectivity index (χ0) is 30.7. The van der Waals surface area contributed by atoms with Crippen molar-refractivity contribution in [3.05, 3.63) is 58.8 Å². The largest absolute Gasteiger partial charge is 0.444 e. The van der Waals surface area contributed by atoms with E-state index in [9.17, 15) is 4.79 Å². The lowest BCUT2D eigenvalue weighted by Gasteiger charge is -2.33. The van der Waals surface area contributed by atoms with Crippen LogP contribution < -0.4 is 15.8 Å². The molecule has 4 heterocycles. The number of hydrogen-bond donors (Lipinski definition) is 2. The molecule has 0 radical (unpaired) electrons. The highest BCUT2D eigenvalue weighted by molar-refractivity contribution is 9.10. The van der Waals surface area contributed by atoms with Gasteiger partial charge < -0.3 is 30.0 Å². The molecule has 0 atom stereocenters. The Bertz CT molecular complexity index is 1610. The number of anilines is 1. The third-order valence-corrected chi connectivity index (χ3v) is 8.14. The summed E-state index contributed by atoms with van der Waals surface area (Å²) in [6.07, 6.45) is 3.02. The average Bonchev–Trinajstić information content (AvgIpc) is 3.24. The molecule has 3 N–H and O–H groups in total. The van der Waals surface area contributed by atoms with E-state index in [1.165, 1.54) is 12.4 Å². The van der Waals surface area contributed by atoms with E-state index in [0.717, 1.165) is 29.7 Å². The number of nitrogens with one attached hydrogen (secondary N) is 1. The Labute approximate surface area is 258 Å². The normalized spacial score (nSPS) is 14.3. The van der Waals surface area contributed by atoms with Crippen LogP contribution in [0.15, 0.2) is 47.3 Å². The molecule has 1 aliphatic rings. The number of likely N-dealkylation sites (tertiary alicyclic amines) is 1. The Morgan fingerprint density at radius 3 is 2.65 bits per heavy atom. The van der Waals surface area contributed by atoms with Crippen LogP contribution in [0, 0.1) is 18.7 Å². The van der Waals surface area contributed by atoms with Gasteiger partial charge in [0.25, 0.3) is 0 Å². The van der Waals surface area contributed by atoms with Crippen molar-refractivity contribution in [2.75, 3.05) is 31.9 Å². The van der Waals surface area contributed by atoms with Crippen molar-refractivity contribution in [1.29, 1.82) is 0 Å². The molecule has 10 nitrogen and oxygen atoms in total. The van der Waals surface area contributed by atoms with Crippen molar-refractivity contribution in [2.24, 2.45) is 5.92 Å². The first kappa shape index (κ1) is 30.7. The monoisotopic (exact) mass is 653 g/mol. The topological polar surface area (TPSA) is 120 Å². The van der Waals surface area contributed by atoms with Gasteiger partial charge >= 0.3 is 6.09 Å². The minimum atomic E-state index is -0.525. The number of pyridine rings is 1. The first-order valence-corrected chi connectivity index (χ1v) is 15.2. The minimum Gasteiger partial charge on any atom is -0.444 e. The summed E-state index contributed by atoms with van der Waals surface area (Å²) in [7, 11) is 0. The maximum atomic E-state index is 15.3. The van der Waals surface area contributed by atoms with Crippen molar-refractivity contribution in [3.8, 4) is 22.8 Å². The molecule has 5 rings (SSSR count). The second kappa shape index (κ2) is 12.8. The summed E-state index contributed by atoms with van der Waals surface area (Å²) >= 11 is 3.74. The number of carbonyl (C=O) groups is 1. The second-order valence-electron chi connectivity index (χ2n) is 11.8. The molecular weight excluding hydrogens is 617 g/mol. The number of rotatable bonds is 8. The van der Waals surface area contributed by atoms with Gasteiger partial charge in [-0.25, -0.2) is 24.1 Å². The van der Waals surface area contributed by atoms with E-state index in [-0.39, 0.29) is 11.8 Å². The molecule has 1 saturated heterocycles.